The molecule has 0 saturated carbocycles. The number of nitrogens with zero attached hydrogens (tertiary/aromatic N) is 4. The highest BCUT2D eigenvalue weighted by Gasteiger charge is 2.17. The van der Waals surface area contributed by atoms with Crippen molar-refractivity contribution in [2.24, 2.45) is 5.10 Å². The van der Waals surface area contributed by atoms with Gasteiger partial charge in [-0.2, -0.15) is 5.10 Å². The zero-order valence-corrected chi connectivity index (χ0v) is 18.5. The van der Waals surface area contributed by atoms with Crippen molar-refractivity contribution in [3.63, 3.8) is 0 Å². The van der Waals surface area contributed by atoms with Gasteiger partial charge in [0.25, 0.3) is 5.91 Å². The average Bonchev–Trinajstić information content (AvgIpc) is 2.85. The number of ether oxygens (including phenoxy) is 2. The number of aromatic nitrogens is 2. The zero-order valence-electron chi connectivity index (χ0n) is 18.5. The van der Waals surface area contributed by atoms with Crippen molar-refractivity contribution in [2.75, 3.05) is 43.7 Å². The number of carbonyl (C=O) groups is 1. The van der Waals surface area contributed by atoms with Gasteiger partial charge in [-0.05, 0) is 48.9 Å². The van der Waals surface area contributed by atoms with Crippen LogP contribution < -0.4 is 15.5 Å². The van der Waals surface area contributed by atoms with E-state index >= 15 is 0 Å². The largest absolute Gasteiger partial charge is 0.484 e. The smallest absolute Gasteiger partial charge is 0.260 e. The van der Waals surface area contributed by atoms with Crippen molar-refractivity contribution in [1.82, 2.24) is 14.9 Å². The van der Waals surface area contributed by atoms with E-state index in [4.69, 9.17) is 9.47 Å². The van der Waals surface area contributed by atoms with Crippen molar-refractivity contribution in [3.05, 3.63) is 60.3 Å². The minimum atomic E-state index is -0.0495. The van der Waals surface area contributed by atoms with E-state index in [0.29, 0.717) is 43.7 Å². The first-order valence-corrected chi connectivity index (χ1v) is 10.6. The maximum absolute atomic E-state index is 12.3. The van der Waals surface area contributed by atoms with Crippen LogP contribution in [0.15, 0.2) is 59.8 Å². The number of morpholine rings is 1. The van der Waals surface area contributed by atoms with Gasteiger partial charge in [0.1, 0.15) is 11.6 Å². The molecule has 0 spiro atoms. The standard InChI is InChI=1S/C24H26N6O3/c1-17-14-19(6-7-21(17)29-25-2)27-22-8-9-26-24(28-22)18-4-3-5-20(15-18)33-16-23(31)30-10-12-32-13-11-30/h3-9,14-15,29H,2,10-13,16H2,1H3,(H,26,27,28). The van der Waals surface area contributed by atoms with E-state index in [-0.39, 0.29) is 12.5 Å². The molecule has 0 atom stereocenters. The predicted molar refractivity (Wildman–Crippen MR) is 128 cm³/mol. The van der Waals surface area contributed by atoms with Crippen LogP contribution in [0.25, 0.3) is 11.4 Å². The Morgan fingerprint density at radius 1 is 1.21 bits per heavy atom. The lowest BCUT2D eigenvalue weighted by Gasteiger charge is -2.26. The SMILES string of the molecule is C=NNc1ccc(Nc2ccnc(-c3cccc(OCC(=O)N4CCOCC4)c3)n2)cc1C. The number of benzene rings is 2. The maximum atomic E-state index is 12.3. The molecule has 1 amide bonds. The number of hydrogen-bond acceptors (Lipinski definition) is 8. The second kappa shape index (κ2) is 10.6. The second-order valence-electron chi connectivity index (χ2n) is 7.50. The third kappa shape index (κ3) is 5.83. The maximum Gasteiger partial charge on any atom is 0.260 e. The first-order chi connectivity index (χ1) is 16.1. The van der Waals surface area contributed by atoms with Gasteiger partial charge in [-0.15, -0.1) is 0 Å². The second-order valence-corrected chi connectivity index (χ2v) is 7.50. The Morgan fingerprint density at radius 2 is 2.06 bits per heavy atom. The molecule has 0 bridgehead atoms. The van der Waals surface area contributed by atoms with E-state index < -0.39 is 0 Å². The van der Waals surface area contributed by atoms with Gasteiger partial charge in [0.15, 0.2) is 12.4 Å². The number of hydrazone groups is 1. The fourth-order valence-corrected chi connectivity index (χ4v) is 3.44. The molecule has 4 rings (SSSR count). The summed E-state index contributed by atoms with van der Waals surface area (Å²) in [4.78, 5) is 23.1. The number of amides is 1. The van der Waals surface area contributed by atoms with E-state index in [9.17, 15) is 4.79 Å². The van der Waals surface area contributed by atoms with E-state index in [1.807, 2.05) is 49.4 Å². The lowest BCUT2D eigenvalue weighted by Crippen LogP contribution is -2.42. The molecule has 2 heterocycles. The number of aryl methyl sites for hydroxylation is 1. The number of nitrogens with one attached hydrogen (secondary N) is 2. The summed E-state index contributed by atoms with van der Waals surface area (Å²) in [6, 6.07) is 15.1. The Kier molecular flexibility index (Phi) is 7.11. The molecule has 1 aromatic heterocycles. The molecule has 2 N–H and O–H groups in total. The molecule has 170 valence electrons. The van der Waals surface area contributed by atoms with Crippen LogP contribution in [0.1, 0.15) is 5.56 Å². The minimum Gasteiger partial charge on any atom is -0.484 e. The van der Waals surface area contributed by atoms with Gasteiger partial charge in [0.05, 0.1) is 18.9 Å². The van der Waals surface area contributed by atoms with Crippen molar-refractivity contribution < 1.29 is 14.3 Å². The van der Waals surface area contributed by atoms with Crippen molar-refractivity contribution >= 4 is 29.8 Å². The van der Waals surface area contributed by atoms with Gasteiger partial charge in [-0.25, -0.2) is 9.97 Å². The summed E-state index contributed by atoms with van der Waals surface area (Å²) in [5, 5.41) is 7.00. The normalized spacial score (nSPS) is 13.3. The molecule has 0 aliphatic carbocycles. The fourth-order valence-electron chi connectivity index (χ4n) is 3.44. The number of carbonyl (C=O) groups excluding carboxylic acids is 1. The third-order valence-electron chi connectivity index (χ3n) is 5.17. The number of hydrogen-bond donors (Lipinski definition) is 2. The highest BCUT2D eigenvalue weighted by Crippen LogP contribution is 2.25. The van der Waals surface area contributed by atoms with Gasteiger partial charge < -0.3 is 19.7 Å². The van der Waals surface area contributed by atoms with Crippen LogP contribution in [-0.2, 0) is 9.53 Å². The van der Waals surface area contributed by atoms with Crippen LogP contribution in [-0.4, -0.2) is 60.4 Å². The topological polar surface area (TPSA) is 101 Å². The van der Waals surface area contributed by atoms with Crippen LogP contribution in [0.4, 0.5) is 17.2 Å². The minimum absolute atomic E-state index is 0.0164. The molecule has 0 unspecified atom stereocenters. The van der Waals surface area contributed by atoms with E-state index in [2.05, 4.69) is 32.5 Å². The van der Waals surface area contributed by atoms with Crippen molar-refractivity contribution in [2.45, 2.75) is 6.92 Å². The Balaban J connectivity index is 1.43. The van der Waals surface area contributed by atoms with E-state index in [0.717, 1.165) is 22.5 Å². The zero-order chi connectivity index (χ0) is 23.0. The van der Waals surface area contributed by atoms with E-state index in [1.165, 1.54) is 0 Å². The summed E-state index contributed by atoms with van der Waals surface area (Å²) in [5.74, 6) is 1.75. The molecule has 0 radical (unpaired) electrons. The molecular weight excluding hydrogens is 420 g/mol. The van der Waals surface area contributed by atoms with Crippen molar-refractivity contribution in [3.8, 4) is 17.1 Å². The number of anilines is 3. The van der Waals surface area contributed by atoms with Gasteiger partial charge >= 0.3 is 0 Å². The van der Waals surface area contributed by atoms with Crippen LogP contribution in [0, 0.1) is 6.92 Å². The van der Waals surface area contributed by atoms with Crippen LogP contribution in [0.3, 0.4) is 0 Å². The van der Waals surface area contributed by atoms with Crippen LogP contribution in [0.2, 0.25) is 0 Å². The Hall–Kier alpha value is -3.98. The lowest BCUT2D eigenvalue weighted by molar-refractivity contribution is -0.137. The monoisotopic (exact) mass is 446 g/mol. The summed E-state index contributed by atoms with van der Waals surface area (Å²) in [5.41, 5.74) is 6.46. The molecule has 1 fully saturated rings. The van der Waals surface area contributed by atoms with Gasteiger partial charge in [-0.3, -0.25) is 10.2 Å². The molecule has 9 heteroatoms. The van der Waals surface area contributed by atoms with Crippen molar-refractivity contribution in [1.29, 1.82) is 0 Å². The summed E-state index contributed by atoms with van der Waals surface area (Å²) in [7, 11) is 0. The summed E-state index contributed by atoms with van der Waals surface area (Å²) in [6.45, 7) is 7.74. The van der Waals surface area contributed by atoms with Crippen LogP contribution in [0.5, 0.6) is 5.75 Å². The van der Waals surface area contributed by atoms with Gasteiger partial charge in [0, 0.05) is 37.3 Å². The lowest BCUT2D eigenvalue weighted by atomic mass is 10.2. The van der Waals surface area contributed by atoms with Crippen LogP contribution >= 0.6 is 0 Å². The molecule has 1 saturated heterocycles. The van der Waals surface area contributed by atoms with Gasteiger partial charge in [0.2, 0.25) is 0 Å². The quantitative estimate of drug-likeness (QED) is 0.404. The highest BCUT2D eigenvalue weighted by molar-refractivity contribution is 5.78. The molecular formula is C24H26N6O3. The predicted octanol–water partition coefficient (Wildman–Crippen LogP) is 3.46. The summed E-state index contributed by atoms with van der Waals surface area (Å²) >= 11 is 0. The molecule has 9 nitrogen and oxygen atoms in total. The summed E-state index contributed by atoms with van der Waals surface area (Å²) < 4.78 is 11.0. The molecule has 2 aromatic carbocycles. The fraction of sp³-hybridized carbons (Fsp3) is 0.250. The first kappa shape index (κ1) is 22.2. The summed E-state index contributed by atoms with van der Waals surface area (Å²) in [6.07, 6.45) is 1.70. The average molecular weight is 447 g/mol. The Labute approximate surface area is 192 Å². The third-order valence-corrected chi connectivity index (χ3v) is 5.17. The first-order valence-electron chi connectivity index (χ1n) is 10.6. The Morgan fingerprint density at radius 3 is 2.85 bits per heavy atom. The highest BCUT2D eigenvalue weighted by atomic mass is 16.5. The molecule has 1 aliphatic heterocycles. The van der Waals surface area contributed by atoms with Gasteiger partial charge in [-0.1, -0.05) is 12.1 Å². The Bertz CT molecular complexity index is 1130. The molecule has 33 heavy (non-hydrogen) atoms. The number of rotatable bonds is 8. The van der Waals surface area contributed by atoms with E-state index in [1.54, 1.807) is 17.2 Å². The molecule has 3 aromatic rings. The molecule has 1 aliphatic rings.